The topological polar surface area (TPSA) is 73.3 Å². The van der Waals surface area contributed by atoms with Crippen molar-refractivity contribution in [2.45, 2.75) is 13.8 Å². The highest BCUT2D eigenvalue weighted by Crippen LogP contribution is 2.29. The van der Waals surface area contributed by atoms with Crippen LogP contribution in [0.3, 0.4) is 0 Å². The number of hydrogen-bond donors (Lipinski definition) is 1. The number of carbonyl (C=O) groups is 1. The van der Waals surface area contributed by atoms with E-state index in [0.717, 1.165) is 16.1 Å². The third kappa shape index (κ3) is 4.90. The molecule has 0 spiro atoms. The number of aryl methyl sites for hydroxylation is 2. The van der Waals surface area contributed by atoms with Crippen molar-refractivity contribution in [1.82, 2.24) is 10.2 Å². The van der Waals surface area contributed by atoms with Crippen LogP contribution in [0.4, 0.5) is 5.13 Å². The molecule has 1 heterocycles. The number of rotatable bonds is 7. The van der Waals surface area contributed by atoms with E-state index in [4.69, 9.17) is 9.47 Å². The minimum absolute atomic E-state index is 0.254. The van der Waals surface area contributed by atoms with Crippen LogP contribution in [-0.2, 0) is 4.74 Å². The third-order valence-corrected chi connectivity index (χ3v) is 4.78. The molecule has 0 fully saturated rings. The van der Waals surface area contributed by atoms with Gasteiger partial charge in [0.1, 0.15) is 17.4 Å². The van der Waals surface area contributed by atoms with Crippen molar-refractivity contribution in [3.8, 4) is 16.3 Å². The first-order valence-corrected chi connectivity index (χ1v) is 9.33. The second-order valence-corrected chi connectivity index (χ2v) is 7.03. The summed E-state index contributed by atoms with van der Waals surface area (Å²) in [6, 6.07) is 13.2. The molecule has 0 saturated heterocycles. The Hall–Kier alpha value is -2.77. The van der Waals surface area contributed by atoms with E-state index in [2.05, 4.69) is 28.5 Å². The fraction of sp³-hybridized carbons (Fsp3) is 0.250. The van der Waals surface area contributed by atoms with Crippen LogP contribution in [0, 0.1) is 13.8 Å². The van der Waals surface area contributed by atoms with E-state index in [1.165, 1.54) is 16.9 Å². The zero-order chi connectivity index (χ0) is 19.2. The summed E-state index contributed by atoms with van der Waals surface area (Å²) < 4.78 is 10.5. The van der Waals surface area contributed by atoms with Crippen LogP contribution in [0.1, 0.15) is 21.5 Å². The third-order valence-electron chi connectivity index (χ3n) is 3.91. The van der Waals surface area contributed by atoms with Crippen molar-refractivity contribution >= 4 is 22.4 Å². The molecule has 0 bridgehead atoms. The minimum Gasteiger partial charge on any atom is -0.491 e. The number of carbonyl (C=O) groups excluding carboxylic acids is 1. The zero-order valence-electron chi connectivity index (χ0n) is 15.5. The number of aromatic nitrogens is 2. The van der Waals surface area contributed by atoms with Crippen LogP contribution in [0.25, 0.3) is 10.6 Å². The highest BCUT2D eigenvalue weighted by atomic mass is 32.1. The fourth-order valence-corrected chi connectivity index (χ4v) is 3.40. The van der Waals surface area contributed by atoms with E-state index < -0.39 is 0 Å². The Morgan fingerprint density at radius 3 is 2.74 bits per heavy atom. The van der Waals surface area contributed by atoms with Crippen LogP contribution < -0.4 is 10.1 Å². The van der Waals surface area contributed by atoms with Gasteiger partial charge in [0.15, 0.2) is 0 Å². The Kier molecular flexibility index (Phi) is 6.16. The molecule has 6 nitrogen and oxygen atoms in total. The number of ether oxygens (including phenoxy) is 2. The number of hydrogen-bond acceptors (Lipinski definition) is 6. The van der Waals surface area contributed by atoms with E-state index in [1.807, 2.05) is 19.1 Å². The van der Waals surface area contributed by atoms with Gasteiger partial charge >= 0.3 is 0 Å². The van der Waals surface area contributed by atoms with Crippen molar-refractivity contribution < 1.29 is 14.3 Å². The number of nitrogens with zero attached hydrogens (tertiary/aromatic N) is 2. The molecule has 3 aromatic rings. The number of benzene rings is 2. The Morgan fingerprint density at radius 2 is 1.96 bits per heavy atom. The van der Waals surface area contributed by atoms with Gasteiger partial charge in [-0.2, -0.15) is 0 Å². The monoisotopic (exact) mass is 383 g/mol. The minimum atomic E-state index is -0.254. The molecule has 0 saturated carbocycles. The first-order valence-electron chi connectivity index (χ1n) is 8.51. The molecule has 0 unspecified atom stereocenters. The molecular formula is C20H21N3O3S. The number of methoxy groups -OCH3 is 1. The van der Waals surface area contributed by atoms with Crippen LogP contribution in [0.5, 0.6) is 5.75 Å². The predicted octanol–water partition coefficient (Wildman–Crippen LogP) is 4.10. The normalized spacial score (nSPS) is 10.6. The summed E-state index contributed by atoms with van der Waals surface area (Å²) in [6.07, 6.45) is 0. The molecule has 140 valence electrons. The SMILES string of the molecule is COCCOc1cccc(C(=O)Nc2nnc(-c3ccc(C)cc3C)s2)c1. The zero-order valence-corrected chi connectivity index (χ0v) is 16.3. The Morgan fingerprint density at radius 1 is 1.11 bits per heavy atom. The summed E-state index contributed by atoms with van der Waals surface area (Å²) in [6.45, 7) is 5.01. The summed E-state index contributed by atoms with van der Waals surface area (Å²) in [5.41, 5.74) is 3.84. The standard InChI is InChI=1S/C20H21N3O3S/c1-13-7-8-17(14(2)11-13)19-22-23-20(27-19)21-18(24)15-5-4-6-16(12-15)26-10-9-25-3/h4-8,11-12H,9-10H2,1-3H3,(H,21,23,24). The van der Waals surface area contributed by atoms with Gasteiger partial charge in [-0.25, -0.2) is 0 Å². The van der Waals surface area contributed by atoms with Gasteiger partial charge in [0.25, 0.3) is 5.91 Å². The number of amides is 1. The fourth-order valence-electron chi connectivity index (χ4n) is 2.58. The van der Waals surface area contributed by atoms with Crippen molar-refractivity contribution in [3.05, 3.63) is 59.2 Å². The lowest BCUT2D eigenvalue weighted by Crippen LogP contribution is -2.12. The highest BCUT2D eigenvalue weighted by molar-refractivity contribution is 7.18. The molecule has 1 amide bonds. The van der Waals surface area contributed by atoms with E-state index in [0.29, 0.717) is 29.7 Å². The molecule has 27 heavy (non-hydrogen) atoms. The molecule has 0 aliphatic heterocycles. The van der Waals surface area contributed by atoms with Crippen molar-refractivity contribution in [2.75, 3.05) is 25.6 Å². The Labute approximate surface area is 162 Å². The van der Waals surface area contributed by atoms with Gasteiger partial charge in [0.05, 0.1) is 6.61 Å². The lowest BCUT2D eigenvalue weighted by atomic mass is 10.1. The lowest BCUT2D eigenvalue weighted by molar-refractivity contribution is 0.102. The van der Waals surface area contributed by atoms with Gasteiger partial charge < -0.3 is 9.47 Å². The van der Waals surface area contributed by atoms with Crippen LogP contribution in [-0.4, -0.2) is 36.4 Å². The highest BCUT2D eigenvalue weighted by Gasteiger charge is 2.13. The molecular weight excluding hydrogens is 362 g/mol. The molecule has 1 N–H and O–H groups in total. The quantitative estimate of drug-likeness (QED) is 0.622. The molecule has 0 radical (unpaired) electrons. The van der Waals surface area contributed by atoms with E-state index in [1.54, 1.807) is 31.4 Å². The number of anilines is 1. The van der Waals surface area contributed by atoms with Crippen molar-refractivity contribution in [1.29, 1.82) is 0 Å². The molecule has 1 aromatic heterocycles. The Bertz CT molecular complexity index is 940. The first kappa shape index (κ1) is 19.0. The lowest BCUT2D eigenvalue weighted by Gasteiger charge is -2.07. The summed E-state index contributed by atoms with van der Waals surface area (Å²) in [5, 5.41) is 12.3. The summed E-state index contributed by atoms with van der Waals surface area (Å²) >= 11 is 1.35. The van der Waals surface area contributed by atoms with Crippen molar-refractivity contribution in [2.24, 2.45) is 0 Å². The van der Waals surface area contributed by atoms with Crippen LogP contribution >= 0.6 is 11.3 Å². The van der Waals surface area contributed by atoms with E-state index in [-0.39, 0.29) is 5.91 Å². The van der Waals surface area contributed by atoms with Crippen LogP contribution in [0.2, 0.25) is 0 Å². The maximum absolute atomic E-state index is 12.5. The largest absolute Gasteiger partial charge is 0.491 e. The van der Waals surface area contributed by atoms with Gasteiger partial charge in [-0.3, -0.25) is 10.1 Å². The molecule has 0 atom stereocenters. The summed E-state index contributed by atoms with van der Waals surface area (Å²) in [7, 11) is 1.61. The maximum Gasteiger partial charge on any atom is 0.257 e. The second kappa shape index (κ2) is 8.75. The smallest absolute Gasteiger partial charge is 0.257 e. The number of nitrogens with one attached hydrogen (secondary N) is 1. The molecule has 7 heteroatoms. The average Bonchev–Trinajstić information content (AvgIpc) is 3.10. The Balaban J connectivity index is 1.70. The second-order valence-electron chi connectivity index (χ2n) is 6.05. The molecule has 2 aromatic carbocycles. The van der Waals surface area contributed by atoms with E-state index in [9.17, 15) is 4.79 Å². The van der Waals surface area contributed by atoms with Crippen molar-refractivity contribution in [3.63, 3.8) is 0 Å². The van der Waals surface area contributed by atoms with Gasteiger partial charge in [0.2, 0.25) is 5.13 Å². The van der Waals surface area contributed by atoms with Gasteiger partial charge in [-0.1, -0.05) is 41.2 Å². The average molecular weight is 383 g/mol. The maximum atomic E-state index is 12.5. The van der Waals surface area contributed by atoms with Crippen LogP contribution in [0.15, 0.2) is 42.5 Å². The molecule has 3 rings (SSSR count). The predicted molar refractivity (Wildman–Crippen MR) is 107 cm³/mol. The molecule has 0 aliphatic carbocycles. The summed E-state index contributed by atoms with van der Waals surface area (Å²) in [5.74, 6) is 0.364. The van der Waals surface area contributed by atoms with Gasteiger partial charge in [-0.15, -0.1) is 10.2 Å². The van der Waals surface area contributed by atoms with E-state index >= 15 is 0 Å². The van der Waals surface area contributed by atoms with Gasteiger partial charge in [-0.05, 0) is 37.6 Å². The summed E-state index contributed by atoms with van der Waals surface area (Å²) in [4.78, 5) is 12.5. The first-order chi connectivity index (χ1) is 13.1. The molecule has 0 aliphatic rings. The van der Waals surface area contributed by atoms with Gasteiger partial charge in [0, 0.05) is 18.2 Å².